The normalized spacial score (nSPS) is 9.62. The first-order chi connectivity index (χ1) is 3.91. The maximum atomic E-state index is 2.26. The zero-order chi connectivity index (χ0) is 6.24. The Morgan fingerprint density at radius 1 is 1.00 bits per heavy atom. The van der Waals surface area contributed by atoms with Crippen molar-refractivity contribution < 1.29 is 0 Å². The molecule has 0 unspecified atom stereocenters. The fourth-order valence-corrected chi connectivity index (χ4v) is 0.854. The van der Waals surface area contributed by atoms with Crippen molar-refractivity contribution in [1.29, 1.82) is 0 Å². The number of hydrogen-bond donors (Lipinski definition) is 0. The first-order valence-electron chi connectivity index (χ1n) is 3.91. The van der Waals surface area contributed by atoms with Gasteiger partial charge in [0.15, 0.2) is 0 Å². The van der Waals surface area contributed by atoms with Gasteiger partial charge >= 0.3 is 0 Å². The highest BCUT2D eigenvalue weighted by atomic mass is 13.9. The van der Waals surface area contributed by atoms with Crippen molar-refractivity contribution >= 4 is 7.85 Å². The summed E-state index contributed by atoms with van der Waals surface area (Å²) in [5, 5.41) is 0. The van der Waals surface area contributed by atoms with Gasteiger partial charge in [-0.1, -0.05) is 45.3 Å². The summed E-state index contributed by atoms with van der Waals surface area (Å²) in [5.41, 5.74) is 0. The molecule has 0 aliphatic heterocycles. The van der Waals surface area contributed by atoms with Gasteiger partial charge in [-0.2, -0.15) is 0 Å². The van der Waals surface area contributed by atoms with Crippen LogP contribution in [0.1, 0.15) is 39.0 Å². The third-order valence-electron chi connectivity index (χ3n) is 1.46. The van der Waals surface area contributed by atoms with Gasteiger partial charge in [-0.3, -0.25) is 0 Å². The summed E-state index contributed by atoms with van der Waals surface area (Å²) < 4.78 is 0. The topological polar surface area (TPSA) is 0 Å². The molecular weight excluding hydrogens is 94.9 g/mol. The van der Waals surface area contributed by atoms with Crippen LogP contribution in [-0.2, 0) is 0 Å². The molecule has 0 rings (SSSR count). The molecule has 0 fully saturated rings. The summed E-state index contributed by atoms with van der Waals surface area (Å²) in [6, 6.07) is 0. The van der Waals surface area contributed by atoms with Crippen LogP contribution in [0.25, 0.3) is 0 Å². The molecule has 0 radical (unpaired) electrons. The summed E-state index contributed by atoms with van der Waals surface area (Å²) in [6.07, 6.45) is 8.49. The van der Waals surface area contributed by atoms with Crippen LogP contribution >= 0.6 is 0 Å². The summed E-state index contributed by atoms with van der Waals surface area (Å²) >= 11 is 0. The van der Waals surface area contributed by atoms with Gasteiger partial charge < -0.3 is 0 Å². The summed E-state index contributed by atoms with van der Waals surface area (Å²) in [6.45, 7) is 2.26. The van der Waals surface area contributed by atoms with E-state index in [9.17, 15) is 0 Å². The van der Waals surface area contributed by atoms with Crippen LogP contribution in [0, 0.1) is 0 Å². The van der Waals surface area contributed by atoms with Crippen molar-refractivity contribution in [3.8, 4) is 0 Å². The molecule has 0 aromatic carbocycles. The number of unbranched alkanes of at least 4 members (excludes halogenated alkanes) is 4. The second kappa shape index (κ2) is 7.06. The van der Waals surface area contributed by atoms with Crippen molar-refractivity contribution in [2.24, 2.45) is 0 Å². The van der Waals surface area contributed by atoms with Crippen LogP contribution in [0.4, 0.5) is 0 Å². The molecule has 0 aliphatic carbocycles. The molecule has 0 aromatic rings. The Bertz CT molecular complexity index is 29.4. The van der Waals surface area contributed by atoms with E-state index in [0.717, 1.165) is 0 Å². The van der Waals surface area contributed by atoms with Gasteiger partial charge in [-0.25, -0.2) is 0 Å². The standard InChI is InChI=1S/C7H17B/c1-2-3-4-5-6-7-8/h2-8H2,1H3. The van der Waals surface area contributed by atoms with Crippen molar-refractivity contribution in [3.05, 3.63) is 0 Å². The van der Waals surface area contributed by atoms with E-state index in [1.165, 1.54) is 38.4 Å². The predicted molar refractivity (Wildman–Crippen MR) is 42.1 cm³/mol. The quantitative estimate of drug-likeness (QED) is 0.377. The summed E-state index contributed by atoms with van der Waals surface area (Å²) in [5.74, 6) is 0. The van der Waals surface area contributed by atoms with Crippen LogP contribution in [0.5, 0.6) is 0 Å². The van der Waals surface area contributed by atoms with Gasteiger partial charge in [0.1, 0.15) is 7.85 Å². The number of hydrogen-bond acceptors (Lipinski definition) is 0. The largest absolute Gasteiger partial charge is 0.101 e. The zero-order valence-corrected chi connectivity index (χ0v) is 6.24. The Labute approximate surface area is 54.1 Å². The van der Waals surface area contributed by atoms with Crippen molar-refractivity contribution in [1.82, 2.24) is 0 Å². The van der Waals surface area contributed by atoms with Crippen LogP contribution in [0.2, 0.25) is 6.32 Å². The molecule has 0 saturated heterocycles. The van der Waals surface area contributed by atoms with E-state index >= 15 is 0 Å². The molecule has 0 saturated carbocycles. The SMILES string of the molecule is BCCCCCCC. The zero-order valence-electron chi connectivity index (χ0n) is 6.24. The van der Waals surface area contributed by atoms with Gasteiger partial charge in [-0.15, -0.1) is 0 Å². The lowest BCUT2D eigenvalue weighted by atomic mass is 9.99. The lowest BCUT2D eigenvalue weighted by molar-refractivity contribution is 0.656. The maximum Gasteiger partial charge on any atom is 0.101 e. The third kappa shape index (κ3) is 6.06. The van der Waals surface area contributed by atoms with Crippen LogP contribution in [0.3, 0.4) is 0 Å². The summed E-state index contributed by atoms with van der Waals surface area (Å²) in [7, 11) is 2.26. The molecule has 48 valence electrons. The predicted octanol–water partition coefficient (Wildman–Crippen LogP) is 2.01. The lowest BCUT2D eigenvalue weighted by Gasteiger charge is -1.93. The molecule has 0 aliphatic rings. The maximum absolute atomic E-state index is 2.26. The number of rotatable bonds is 5. The molecular formula is C7H17B. The molecule has 0 aromatic heterocycles. The Kier molecular flexibility index (Phi) is 7.12. The molecule has 0 bridgehead atoms. The molecule has 0 N–H and O–H groups in total. The first kappa shape index (κ1) is 8.06. The van der Waals surface area contributed by atoms with Gasteiger partial charge in [0, 0.05) is 0 Å². The Morgan fingerprint density at radius 3 is 2.12 bits per heavy atom. The smallest absolute Gasteiger partial charge is 0.0811 e. The Hall–Kier alpha value is 0.0649. The van der Waals surface area contributed by atoms with E-state index in [2.05, 4.69) is 14.8 Å². The fraction of sp³-hybridized carbons (Fsp3) is 1.00. The van der Waals surface area contributed by atoms with Gasteiger partial charge in [0.05, 0.1) is 0 Å². The monoisotopic (exact) mass is 112 g/mol. The van der Waals surface area contributed by atoms with E-state index in [1.807, 2.05) is 0 Å². The molecule has 1 heteroatoms. The van der Waals surface area contributed by atoms with Gasteiger partial charge in [0.2, 0.25) is 0 Å². The highest BCUT2D eigenvalue weighted by Crippen LogP contribution is 2.02. The second-order valence-electron chi connectivity index (χ2n) is 2.41. The Balaban J connectivity index is 2.53. The molecule has 0 amide bonds. The molecule has 0 atom stereocenters. The van der Waals surface area contributed by atoms with E-state index in [1.54, 1.807) is 0 Å². The van der Waals surface area contributed by atoms with Gasteiger partial charge in [-0.05, 0) is 0 Å². The van der Waals surface area contributed by atoms with Crippen LogP contribution in [-0.4, -0.2) is 7.85 Å². The second-order valence-corrected chi connectivity index (χ2v) is 2.41. The molecule has 0 nitrogen and oxygen atoms in total. The van der Waals surface area contributed by atoms with E-state index in [-0.39, 0.29) is 0 Å². The lowest BCUT2D eigenvalue weighted by Crippen LogP contribution is -1.75. The average Bonchev–Trinajstić information content (AvgIpc) is 1.81. The van der Waals surface area contributed by atoms with Crippen LogP contribution in [0.15, 0.2) is 0 Å². The average molecular weight is 112 g/mol. The fourth-order valence-electron chi connectivity index (χ4n) is 0.854. The van der Waals surface area contributed by atoms with E-state index in [4.69, 9.17) is 0 Å². The van der Waals surface area contributed by atoms with Crippen molar-refractivity contribution in [2.45, 2.75) is 45.3 Å². The minimum absolute atomic E-state index is 1.36. The minimum atomic E-state index is 1.36. The molecule has 0 heterocycles. The highest BCUT2D eigenvalue weighted by molar-refractivity contribution is 6.08. The van der Waals surface area contributed by atoms with E-state index < -0.39 is 0 Å². The third-order valence-corrected chi connectivity index (χ3v) is 1.46. The molecule has 0 spiro atoms. The minimum Gasteiger partial charge on any atom is -0.0811 e. The first-order valence-corrected chi connectivity index (χ1v) is 3.91. The van der Waals surface area contributed by atoms with Crippen molar-refractivity contribution in [3.63, 3.8) is 0 Å². The van der Waals surface area contributed by atoms with Crippen molar-refractivity contribution in [2.75, 3.05) is 0 Å². The van der Waals surface area contributed by atoms with E-state index in [0.29, 0.717) is 0 Å². The van der Waals surface area contributed by atoms with Gasteiger partial charge in [0.25, 0.3) is 0 Å². The summed E-state index contributed by atoms with van der Waals surface area (Å²) in [4.78, 5) is 0. The Morgan fingerprint density at radius 2 is 1.62 bits per heavy atom. The molecule has 8 heavy (non-hydrogen) atoms. The van der Waals surface area contributed by atoms with Crippen LogP contribution < -0.4 is 0 Å². The highest BCUT2D eigenvalue weighted by Gasteiger charge is 1.83.